The molecule has 5 heteroatoms. The minimum atomic E-state index is -0.578. The molecule has 22 heavy (non-hydrogen) atoms. The number of carbonyl (C=O) groups excluding carboxylic acids is 1. The van der Waals surface area contributed by atoms with Gasteiger partial charge in [-0.3, -0.25) is 0 Å². The van der Waals surface area contributed by atoms with E-state index in [2.05, 4.69) is 0 Å². The molecule has 0 unspecified atom stereocenters. The Hall–Kier alpha value is -2.04. The summed E-state index contributed by atoms with van der Waals surface area (Å²) in [6.07, 6.45) is -0.846. The molecule has 2 rings (SSSR count). The monoisotopic (exact) mass is 307 g/mol. The second-order valence-corrected chi connectivity index (χ2v) is 6.61. The molecule has 0 saturated heterocycles. The Morgan fingerprint density at radius 1 is 1.23 bits per heavy atom. The molecule has 0 aliphatic carbocycles. The van der Waals surface area contributed by atoms with Crippen molar-refractivity contribution in [2.75, 3.05) is 0 Å². The number of ether oxygens (including phenoxy) is 2. The molecule has 1 aromatic carbocycles. The van der Waals surface area contributed by atoms with Crippen LogP contribution in [0.25, 0.3) is 10.9 Å². The molecule has 1 heterocycles. The van der Waals surface area contributed by atoms with E-state index in [1.165, 1.54) is 10.6 Å². The van der Waals surface area contributed by atoms with Crippen molar-refractivity contribution in [2.45, 2.75) is 53.2 Å². The molecule has 0 spiro atoms. The van der Waals surface area contributed by atoms with E-state index in [1.807, 2.05) is 20.8 Å². The molecule has 120 valence electrons. The Morgan fingerprint density at radius 3 is 2.41 bits per heavy atom. The Kier molecular flexibility index (Phi) is 4.18. The number of halogens is 1. The second-order valence-electron chi connectivity index (χ2n) is 6.61. The molecule has 0 saturated carbocycles. The lowest BCUT2D eigenvalue weighted by molar-refractivity contribution is 0.117. The Balaban J connectivity index is 2.53. The van der Waals surface area contributed by atoms with Crippen LogP contribution < -0.4 is 4.74 Å². The van der Waals surface area contributed by atoms with Gasteiger partial charge in [0.15, 0.2) is 5.82 Å². The molecule has 4 nitrogen and oxygen atoms in total. The largest absolute Gasteiger partial charge is 0.488 e. The molecule has 0 radical (unpaired) electrons. The van der Waals surface area contributed by atoms with Gasteiger partial charge in [0.05, 0.1) is 11.6 Å². The minimum Gasteiger partial charge on any atom is -0.488 e. The van der Waals surface area contributed by atoms with Crippen LogP contribution in [0.15, 0.2) is 18.2 Å². The van der Waals surface area contributed by atoms with Crippen LogP contribution in [0.4, 0.5) is 9.18 Å². The molecule has 2 aromatic rings. The minimum absolute atomic E-state index is 0.212. The van der Waals surface area contributed by atoms with Gasteiger partial charge in [-0.2, -0.15) is 0 Å². The molecular weight excluding hydrogens is 285 g/mol. The smallest absolute Gasteiger partial charge is 0.419 e. The third-order valence-electron chi connectivity index (χ3n) is 2.95. The fourth-order valence-electron chi connectivity index (χ4n) is 2.31. The van der Waals surface area contributed by atoms with Crippen LogP contribution in [0.3, 0.4) is 0 Å². The molecule has 0 amide bonds. The maximum atomic E-state index is 14.5. The van der Waals surface area contributed by atoms with Gasteiger partial charge in [-0.25, -0.2) is 13.8 Å². The van der Waals surface area contributed by atoms with E-state index < -0.39 is 17.5 Å². The zero-order valence-electron chi connectivity index (χ0n) is 13.9. The van der Waals surface area contributed by atoms with Crippen LogP contribution in [0.1, 0.15) is 40.3 Å². The van der Waals surface area contributed by atoms with Crippen molar-refractivity contribution < 1.29 is 18.7 Å². The molecule has 0 atom stereocenters. The molecule has 0 aliphatic rings. The first-order chi connectivity index (χ1) is 10.1. The van der Waals surface area contributed by atoms with Crippen molar-refractivity contribution in [1.29, 1.82) is 0 Å². The predicted octanol–water partition coefficient (Wildman–Crippen LogP) is 4.66. The van der Waals surface area contributed by atoms with Gasteiger partial charge in [0.1, 0.15) is 11.4 Å². The summed E-state index contributed by atoms with van der Waals surface area (Å²) < 4.78 is 26.6. The van der Waals surface area contributed by atoms with Gasteiger partial charge < -0.3 is 9.47 Å². The molecule has 0 bridgehead atoms. The van der Waals surface area contributed by atoms with Gasteiger partial charge in [0, 0.05) is 17.1 Å². The highest BCUT2D eigenvalue weighted by Crippen LogP contribution is 2.29. The highest BCUT2D eigenvalue weighted by molar-refractivity contribution is 5.92. The highest BCUT2D eigenvalue weighted by atomic mass is 19.1. The number of aryl methyl sites for hydroxylation is 1. The number of hydrogen-bond donors (Lipinski definition) is 0. The number of hydrogen-bond acceptors (Lipinski definition) is 3. The summed E-state index contributed by atoms with van der Waals surface area (Å²) in [6.45, 7) is 10.9. The quantitative estimate of drug-likeness (QED) is 0.810. The maximum absolute atomic E-state index is 14.5. The zero-order chi connectivity index (χ0) is 16.7. The third-order valence-corrected chi connectivity index (χ3v) is 2.95. The van der Waals surface area contributed by atoms with Gasteiger partial charge in [-0.05, 0) is 53.7 Å². The van der Waals surface area contributed by atoms with E-state index in [-0.39, 0.29) is 11.6 Å². The van der Waals surface area contributed by atoms with Crippen molar-refractivity contribution in [1.82, 2.24) is 4.57 Å². The van der Waals surface area contributed by atoms with Crippen molar-refractivity contribution in [3.63, 3.8) is 0 Å². The standard InChI is InChI=1S/C17H22FNO3/c1-10(2)21-16(20)19-11(3)7-12-8-13(22-17(4,5)6)9-14(18)15(12)19/h7-10H,1-6H3. The SMILES string of the molecule is Cc1cc2cc(OC(C)(C)C)cc(F)c2n1C(=O)OC(C)C. The number of benzene rings is 1. The van der Waals surface area contributed by atoms with Crippen LogP contribution in [0.2, 0.25) is 0 Å². The first kappa shape index (κ1) is 16.3. The Morgan fingerprint density at radius 2 is 1.86 bits per heavy atom. The Labute approximate surface area is 129 Å². The van der Waals surface area contributed by atoms with Crippen molar-refractivity contribution in [3.8, 4) is 5.75 Å². The van der Waals surface area contributed by atoms with E-state index in [0.29, 0.717) is 16.8 Å². The van der Waals surface area contributed by atoms with Gasteiger partial charge in [0.2, 0.25) is 0 Å². The lowest BCUT2D eigenvalue weighted by Gasteiger charge is -2.21. The first-order valence-electron chi connectivity index (χ1n) is 7.30. The van der Waals surface area contributed by atoms with Crippen molar-refractivity contribution in [2.24, 2.45) is 0 Å². The molecule has 0 fully saturated rings. The first-order valence-corrected chi connectivity index (χ1v) is 7.30. The fourth-order valence-corrected chi connectivity index (χ4v) is 2.31. The normalized spacial score (nSPS) is 12.0. The number of rotatable bonds is 2. The summed E-state index contributed by atoms with van der Waals surface area (Å²) in [4.78, 5) is 12.2. The van der Waals surface area contributed by atoms with E-state index in [4.69, 9.17) is 9.47 Å². The summed E-state index contributed by atoms with van der Waals surface area (Å²) >= 11 is 0. The zero-order valence-corrected chi connectivity index (χ0v) is 13.9. The lowest BCUT2D eigenvalue weighted by atomic mass is 10.2. The molecule has 1 aromatic heterocycles. The van der Waals surface area contributed by atoms with Gasteiger partial charge in [-0.1, -0.05) is 0 Å². The molecule has 0 aliphatic heterocycles. The van der Waals surface area contributed by atoms with E-state index >= 15 is 0 Å². The van der Waals surface area contributed by atoms with Crippen LogP contribution in [0.5, 0.6) is 5.75 Å². The van der Waals surface area contributed by atoms with E-state index in [9.17, 15) is 9.18 Å². The number of fused-ring (bicyclic) bond motifs is 1. The van der Waals surface area contributed by atoms with Gasteiger partial charge >= 0.3 is 6.09 Å². The topological polar surface area (TPSA) is 40.5 Å². The van der Waals surface area contributed by atoms with Crippen LogP contribution in [-0.4, -0.2) is 22.4 Å². The molecular formula is C17H22FNO3. The second kappa shape index (κ2) is 5.63. The Bertz CT molecular complexity index is 711. The summed E-state index contributed by atoms with van der Waals surface area (Å²) in [5, 5.41) is 0.609. The number of nitrogens with zero attached hydrogens (tertiary/aromatic N) is 1. The number of carbonyl (C=O) groups is 1. The summed E-state index contributed by atoms with van der Waals surface area (Å²) in [5.74, 6) is -0.0718. The maximum Gasteiger partial charge on any atom is 0.419 e. The van der Waals surface area contributed by atoms with Crippen LogP contribution in [-0.2, 0) is 4.74 Å². The van der Waals surface area contributed by atoms with Crippen molar-refractivity contribution >= 4 is 17.0 Å². The number of aromatic nitrogens is 1. The lowest BCUT2D eigenvalue weighted by Crippen LogP contribution is -2.23. The third kappa shape index (κ3) is 3.40. The highest BCUT2D eigenvalue weighted by Gasteiger charge is 2.20. The van der Waals surface area contributed by atoms with Gasteiger partial charge in [0.25, 0.3) is 0 Å². The van der Waals surface area contributed by atoms with E-state index in [1.54, 1.807) is 32.9 Å². The molecule has 0 N–H and O–H groups in total. The van der Waals surface area contributed by atoms with Crippen molar-refractivity contribution in [3.05, 3.63) is 29.7 Å². The van der Waals surface area contributed by atoms with Gasteiger partial charge in [-0.15, -0.1) is 0 Å². The van der Waals surface area contributed by atoms with E-state index in [0.717, 1.165) is 0 Å². The average molecular weight is 307 g/mol. The predicted molar refractivity (Wildman–Crippen MR) is 84.0 cm³/mol. The van der Waals surface area contributed by atoms with Crippen LogP contribution >= 0.6 is 0 Å². The summed E-state index contributed by atoms with van der Waals surface area (Å²) in [7, 11) is 0. The average Bonchev–Trinajstić information content (AvgIpc) is 2.62. The van der Waals surface area contributed by atoms with Crippen LogP contribution in [0, 0.1) is 12.7 Å². The summed E-state index contributed by atoms with van der Waals surface area (Å²) in [6, 6.07) is 4.78. The fraction of sp³-hybridized carbons (Fsp3) is 0.471. The summed E-state index contributed by atoms with van der Waals surface area (Å²) in [5.41, 5.74) is 0.408.